The zero-order valence-corrected chi connectivity index (χ0v) is 8.32. The second kappa shape index (κ2) is 3.62. The number of pyridine rings is 2. The van der Waals surface area contributed by atoms with Crippen LogP contribution in [0, 0.1) is 0 Å². The van der Waals surface area contributed by atoms with Gasteiger partial charge in [0.2, 0.25) is 5.88 Å². The van der Waals surface area contributed by atoms with Gasteiger partial charge < -0.3 is 4.74 Å². The van der Waals surface area contributed by atoms with Gasteiger partial charge >= 0.3 is 0 Å². The van der Waals surface area contributed by atoms with Gasteiger partial charge in [0.05, 0.1) is 18.8 Å². The van der Waals surface area contributed by atoms with Crippen LogP contribution in [0.5, 0.6) is 5.88 Å². The largest absolute Gasteiger partial charge is 0.481 e. The zero-order valence-electron chi connectivity index (χ0n) is 8.32. The Morgan fingerprint density at radius 1 is 1.36 bits per heavy atom. The molecule has 0 saturated carbocycles. The average Bonchev–Trinajstić information content (AvgIpc) is 2.27. The van der Waals surface area contributed by atoms with E-state index >= 15 is 0 Å². The lowest BCUT2D eigenvalue weighted by Crippen LogP contribution is -1.91. The molecule has 3 nitrogen and oxygen atoms in total. The first-order valence-electron chi connectivity index (χ1n) is 4.63. The summed E-state index contributed by atoms with van der Waals surface area (Å²) in [5.74, 6) is 0.628. The quantitative estimate of drug-likeness (QED) is 0.724. The number of ether oxygens (including phenoxy) is 1. The fourth-order valence-electron chi connectivity index (χ4n) is 1.36. The van der Waals surface area contributed by atoms with Crippen LogP contribution < -0.4 is 4.74 Å². The van der Waals surface area contributed by atoms with Crippen LogP contribution in [0.15, 0.2) is 24.4 Å². The minimum absolute atomic E-state index is 0.628. The smallest absolute Gasteiger partial charge is 0.213 e. The highest BCUT2D eigenvalue weighted by atomic mass is 16.5. The number of aromatic nitrogens is 2. The molecule has 3 heteroatoms. The van der Waals surface area contributed by atoms with Gasteiger partial charge in [0, 0.05) is 17.1 Å². The molecular formula is C11H12N2O. The van der Waals surface area contributed by atoms with Gasteiger partial charge in [-0.3, -0.25) is 4.98 Å². The van der Waals surface area contributed by atoms with Crippen molar-refractivity contribution >= 4 is 10.9 Å². The van der Waals surface area contributed by atoms with Gasteiger partial charge in [-0.2, -0.15) is 0 Å². The van der Waals surface area contributed by atoms with Gasteiger partial charge in [-0.15, -0.1) is 0 Å². The van der Waals surface area contributed by atoms with Crippen molar-refractivity contribution in [1.82, 2.24) is 9.97 Å². The number of nitrogens with zero attached hydrogens (tertiary/aromatic N) is 2. The first-order chi connectivity index (χ1) is 6.83. The maximum atomic E-state index is 5.04. The van der Waals surface area contributed by atoms with Crippen molar-refractivity contribution < 1.29 is 4.74 Å². The molecule has 0 radical (unpaired) electrons. The van der Waals surface area contributed by atoms with Crippen LogP contribution >= 0.6 is 0 Å². The number of methoxy groups -OCH3 is 1. The number of hydrogen-bond acceptors (Lipinski definition) is 3. The van der Waals surface area contributed by atoms with Gasteiger partial charge in [-0.05, 0) is 18.6 Å². The molecule has 0 aliphatic heterocycles. The van der Waals surface area contributed by atoms with Gasteiger partial charge in [0.1, 0.15) is 0 Å². The molecule has 2 aromatic rings. The molecule has 0 aromatic carbocycles. The highest BCUT2D eigenvalue weighted by Gasteiger charge is 1.99. The zero-order chi connectivity index (χ0) is 9.97. The lowest BCUT2D eigenvalue weighted by atomic mass is 10.2. The summed E-state index contributed by atoms with van der Waals surface area (Å²) in [6, 6.07) is 5.92. The van der Waals surface area contributed by atoms with Crippen molar-refractivity contribution in [2.75, 3.05) is 7.11 Å². The van der Waals surface area contributed by atoms with E-state index in [0.29, 0.717) is 5.88 Å². The number of aryl methyl sites for hydroxylation is 1. The molecule has 0 saturated heterocycles. The van der Waals surface area contributed by atoms with Crippen molar-refractivity contribution in [3.8, 4) is 5.88 Å². The first-order valence-corrected chi connectivity index (χ1v) is 4.63. The molecule has 2 aromatic heterocycles. The molecule has 0 N–H and O–H groups in total. The fourth-order valence-corrected chi connectivity index (χ4v) is 1.36. The van der Waals surface area contributed by atoms with E-state index in [0.717, 1.165) is 23.0 Å². The van der Waals surface area contributed by atoms with Crippen LogP contribution in [0.4, 0.5) is 0 Å². The Kier molecular flexibility index (Phi) is 2.31. The molecule has 0 aliphatic carbocycles. The minimum Gasteiger partial charge on any atom is -0.481 e. The van der Waals surface area contributed by atoms with E-state index < -0.39 is 0 Å². The summed E-state index contributed by atoms with van der Waals surface area (Å²) < 4.78 is 5.04. The van der Waals surface area contributed by atoms with Gasteiger partial charge in [-0.1, -0.05) is 6.92 Å². The van der Waals surface area contributed by atoms with E-state index in [1.165, 1.54) is 0 Å². The van der Waals surface area contributed by atoms with E-state index in [1.807, 2.05) is 12.1 Å². The summed E-state index contributed by atoms with van der Waals surface area (Å²) in [7, 11) is 1.61. The first kappa shape index (κ1) is 8.94. The Balaban J connectivity index is 2.57. The molecule has 0 aliphatic rings. The van der Waals surface area contributed by atoms with Crippen LogP contribution in [0.25, 0.3) is 10.9 Å². The van der Waals surface area contributed by atoms with E-state index in [4.69, 9.17) is 4.74 Å². The van der Waals surface area contributed by atoms with Gasteiger partial charge in [0.25, 0.3) is 0 Å². The van der Waals surface area contributed by atoms with Crippen LogP contribution in [-0.2, 0) is 6.42 Å². The highest BCUT2D eigenvalue weighted by Crippen LogP contribution is 2.16. The van der Waals surface area contributed by atoms with Crippen molar-refractivity contribution in [3.63, 3.8) is 0 Å². The summed E-state index contributed by atoms with van der Waals surface area (Å²) in [6.45, 7) is 2.09. The van der Waals surface area contributed by atoms with Crippen molar-refractivity contribution in [2.24, 2.45) is 0 Å². The SMILES string of the molecule is CCc1cc2ccc(OC)nc2cn1. The van der Waals surface area contributed by atoms with Gasteiger partial charge in [0.15, 0.2) is 0 Å². The predicted octanol–water partition coefficient (Wildman–Crippen LogP) is 2.20. The fraction of sp³-hybridized carbons (Fsp3) is 0.273. The van der Waals surface area contributed by atoms with Gasteiger partial charge in [-0.25, -0.2) is 4.98 Å². The lowest BCUT2D eigenvalue weighted by molar-refractivity contribution is 0.399. The van der Waals surface area contributed by atoms with E-state index in [1.54, 1.807) is 13.3 Å². The summed E-state index contributed by atoms with van der Waals surface area (Å²) in [4.78, 5) is 8.57. The molecule has 0 spiro atoms. The molecule has 2 heterocycles. The molecule has 0 fully saturated rings. The van der Waals surface area contributed by atoms with Crippen molar-refractivity contribution in [1.29, 1.82) is 0 Å². The number of fused-ring (bicyclic) bond motifs is 1. The summed E-state index contributed by atoms with van der Waals surface area (Å²) in [5, 5.41) is 1.11. The Morgan fingerprint density at radius 2 is 2.21 bits per heavy atom. The molecule has 0 bridgehead atoms. The lowest BCUT2D eigenvalue weighted by Gasteiger charge is -2.02. The minimum atomic E-state index is 0.628. The molecule has 0 atom stereocenters. The molecule has 2 rings (SSSR count). The molecule has 0 unspecified atom stereocenters. The molecule has 72 valence electrons. The van der Waals surface area contributed by atoms with Crippen molar-refractivity contribution in [2.45, 2.75) is 13.3 Å². The highest BCUT2D eigenvalue weighted by molar-refractivity contribution is 5.78. The average molecular weight is 188 g/mol. The van der Waals surface area contributed by atoms with E-state index in [2.05, 4.69) is 23.0 Å². The van der Waals surface area contributed by atoms with Crippen molar-refractivity contribution in [3.05, 3.63) is 30.1 Å². The Hall–Kier alpha value is -1.64. The Labute approximate surface area is 82.8 Å². The van der Waals surface area contributed by atoms with Crippen LogP contribution in [-0.4, -0.2) is 17.1 Å². The van der Waals surface area contributed by atoms with Crippen LogP contribution in [0.1, 0.15) is 12.6 Å². The third-order valence-electron chi connectivity index (χ3n) is 2.18. The number of rotatable bonds is 2. The summed E-state index contributed by atoms with van der Waals surface area (Å²) >= 11 is 0. The third-order valence-corrected chi connectivity index (χ3v) is 2.18. The number of hydrogen-bond donors (Lipinski definition) is 0. The second-order valence-electron chi connectivity index (χ2n) is 3.08. The maximum Gasteiger partial charge on any atom is 0.213 e. The Morgan fingerprint density at radius 3 is 2.93 bits per heavy atom. The molecular weight excluding hydrogens is 176 g/mol. The second-order valence-corrected chi connectivity index (χ2v) is 3.08. The predicted molar refractivity (Wildman–Crippen MR) is 55.5 cm³/mol. The molecule has 0 amide bonds. The molecule has 14 heavy (non-hydrogen) atoms. The third kappa shape index (κ3) is 1.53. The normalized spacial score (nSPS) is 10.4. The maximum absolute atomic E-state index is 5.04. The van der Waals surface area contributed by atoms with Crippen LogP contribution in [0.2, 0.25) is 0 Å². The summed E-state index contributed by atoms with van der Waals surface area (Å²) in [6.07, 6.45) is 2.73. The summed E-state index contributed by atoms with van der Waals surface area (Å²) in [5.41, 5.74) is 1.96. The van der Waals surface area contributed by atoms with E-state index in [-0.39, 0.29) is 0 Å². The standard InChI is InChI=1S/C11H12N2O/c1-3-9-6-8-4-5-11(14-2)13-10(8)7-12-9/h4-7H,3H2,1-2H3. The topological polar surface area (TPSA) is 35.0 Å². The Bertz CT molecular complexity index is 411. The van der Waals surface area contributed by atoms with Crippen LogP contribution in [0.3, 0.4) is 0 Å². The monoisotopic (exact) mass is 188 g/mol. The van der Waals surface area contributed by atoms with E-state index in [9.17, 15) is 0 Å².